The van der Waals surface area contributed by atoms with E-state index in [2.05, 4.69) is 6.92 Å². The number of carboxylic acid groups (broad SMARTS) is 1. The molecule has 1 N–H and O–H groups in total. The molecule has 1 aliphatic rings. The highest BCUT2D eigenvalue weighted by Crippen LogP contribution is 2.34. The first kappa shape index (κ1) is 13.0. The average Bonchev–Trinajstić information content (AvgIpc) is 2.74. The first-order valence-corrected chi connectivity index (χ1v) is 8.01. The lowest BCUT2D eigenvalue weighted by Gasteiger charge is -2.26. The van der Waals surface area contributed by atoms with Crippen molar-refractivity contribution in [2.75, 3.05) is 0 Å². The molecule has 1 aromatic rings. The first-order valence-electron chi connectivity index (χ1n) is 6.08. The van der Waals surface area contributed by atoms with Crippen molar-refractivity contribution in [3.63, 3.8) is 0 Å². The van der Waals surface area contributed by atoms with Gasteiger partial charge in [-0.2, -0.15) is 11.8 Å². The van der Waals surface area contributed by atoms with E-state index in [-0.39, 0.29) is 0 Å². The molecule has 0 spiro atoms. The topological polar surface area (TPSA) is 37.3 Å². The molecular formula is C13H18O2S2. The van der Waals surface area contributed by atoms with E-state index in [4.69, 9.17) is 5.11 Å². The van der Waals surface area contributed by atoms with Crippen molar-refractivity contribution in [3.8, 4) is 0 Å². The number of aromatic carboxylic acids is 1. The molecule has 1 aliphatic carbocycles. The van der Waals surface area contributed by atoms with Gasteiger partial charge < -0.3 is 5.11 Å². The summed E-state index contributed by atoms with van der Waals surface area (Å²) in [6.45, 7) is 2.32. The van der Waals surface area contributed by atoms with Crippen LogP contribution in [0.1, 0.15) is 47.8 Å². The predicted molar refractivity (Wildman–Crippen MR) is 74.0 cm³/mol. The molecule has 0 saturated heterocycles. The van der Waals surface area contributed by atoms with Crippen molar-refractivity contribution in [2.45, 2.75) is 43.6 Å². The van der Waals surface area contributed by atoms with Gasteiger partial charge in [0.05, 0.1) is 0 Å². The van der Waals surface area contributed by atoms with Gasteiger partial charge in [-0.1, -0.05) is 19.8 Å². The summed E-state index contributed by atoms with van der Waals surface area (Å²) >= 11 is 3.27. The number of hydrogen-bond donors (Lipinski definition) is 1. The maximum atomic E-state index is 11.0. The van der Waals surface area contributed by atoms with Crippen molar-refractivity contribution in [1.29, 1.82) is 0 Å². The van der Waals surface area contributed by atoms with E-state index in [1.54, 1.807) is 0 Å². The molecule has 2 unspecified atom stereocenters. The third-order valence-electron chi connectivity index (χ3n) is 3.30. The van der Waals surface area contributed by atoms with E-state index in [0.29, 0.717) is 4.88 Å². The highest BCUT2D eigenvalue weighted by Gasteiger charge is 2.20. The number of hydrogen-bond acceptors (Lipinski definition) is 3. The lowest BCUT2D eigenvalue weighted by molar-refractivity contribution is 0.0701. The third-order valence-corrected chi connectivity index (χ3v) is 5.63. The van der Waals surface area contributed by atoms with Gasteiger partial charge in [0, 0.05) is 11.0 Å². The van der Waals surface area contributed by atoms with Crippen LogP contribution in [0.25, 0.3) is 0 Å². The van der Waals surface area contributed by atoms with E-state index < -0.39 is 5.97 Å². The smallest absolute Gasteiger partial charge is 0.346 e. The van der Waals surface area contributed by atoms with E-state index in [9.17, 15) is 4.79 Å². The summed E-state index contributed by atoms with van der Waals surface area (Å²) in [7, 11) is 0. The normalized spacial score (nSPS) is 24.8. The van der Waals surface area contributed by atoms with Crippen molar-refractivity contribution in [1.82, 2.24) is 0 Å². The number of carboxylic acids is 1. The van der Waals surface area contributed by atoms with E-state index in [1.165, 1.54) is 37.0 Å². The Labute approximate surface area is 110 Å². The number of rotatable bonds is 4. The van der Waals surface area contributed by atoms with Crippen molar-refractivity contribution >= 4 is 29.1 Å². The van der Waals surface area contributed by atoms with Gasteiger partial charge in [0.2, 0.25) is 0 Å². The van der Waals surface area contributed by atoms with Crippen molar-refractivity contribution < 1.29 is 9.90 Å². The van der Waals surface area contributed by atoms with E-state index >= 15 is 0 Å². The fraction of sp³-hybridized carbons (Fsp3) is 0.615. The van der Waals surface area contributed by atoms with E-state index in [1.807, 2.05) is 23.2 Å². The molecule has 4 heteroatoms. The number of thioether (sulfide) groups is 1. The molecule has 1 aromatic heterocycles. The Morgan fingerprint density at radius 3 is 3.12 bits per heavy atom. The molecule has 0 amide bonds. The molecular weight excluding hydrogens is 252 g/mol. The van der Waals surface area contributed by atoms with Crippen LogP contribution in [-0.4, -0.2) is 16.3 Å². The minimum Gasteiger partial charge on any atom is -0.477 e. The summed E-state index contributed by atoms with van der Waals surface area (Å²) in [6, 6.07) is 1.95. The van der Waals surface area contributed by atoms with Crippen LogP contribution in [0.2, 0.25) is 0 Å². The van der Waals surface area contributed by atoms with Crippen LogP contribution in [0.5, 0.6) is 0 Å². The van der Waals surface area contributed by atoms with E-state index in [0.717, 1.165) is 22.5 Å². The van der Waals surface area contributed by atoms with Crippen molar-refractivity contribution in [3.05, 3.63) is 21.9 Å². The second-order valence-electron chi connectivity index (χ2n) is 4.78. The maximum Gasteiger partial charge on any atom is 0.346 e. The summed E-state index contributed by atoms with van der Waals surface area (Å²) < 4.78 is 0. The molecule has 2 atom stereocenters. The number of carbonyl (C=O) groups is 1. The van der Waals surface area contributed by atoms with Gasteiger partial charge in [-0.05, 0) is 35.8 Å². The zero-order chi connectivity index (χ0) is 12.3. The Kier molecular flexibility index (Phi) is 4.51. The molecule has 0 radical (unpaired) electrons. The second kappa shape index (κ2) is 5.91. The van der Waals surface area contributed by atoms with Gasteiger partial charge in [0.25, 0.3) is 0 Å². The van der Waals surface area contributed by atoms with Crippen LogP contribution >= 0.6 is 23.1 Å². The molecule has 1 heterocycles. The summed E-state index contributed by atoms with van der Waals surface area (Å²) in [5.74, 6) is 0.901. The largest absolute Gasteiger partial charge is 0.477 e. The predicted octanol–water partition coefficient (Wildman–Crippen LogP) is 4.26. The van der Waals surface area contributed by atoms with Gasteiger partial charge in [-0.25, -0.2) is 4.79 Å². The number of thiophene rings is 1. The fourth-order valence-electron chi connectivity index (χ4n) is 2.37. The Hall–Kier alpha value is -0.480. The molecule has 0 bridgehead atoms. The summed E-state index contributed by atoms with van der Waals surface area (Å²) in [6.07, 6.45) is 5.27. The lowest BCUT2D eigenvalue weighted by atomic mass is 9.91. The molecule has 1 saturated carbocycles. The van der Waals surface area contributed by atoms with Crippen molar-refractivity contribution in [2.24, 2.45) is 5.92 Å². The van der Waals surface area contributed by atoms with Gasteiger partial charge in [0.15, 0.2) is 0 Å². The third kappa shape index (κ3) is 3.49. The zero-order valence-electron chi connectivity index (χ0n) is 10.0. The SMILES string of the molecule is CC1CCCC(SCc2ccsc2C(=O)O)C1. The average molecular weight is 270 g/mol. The molecule has 0 aliphatic heterocycles. The molecule has 2 rings (SSSR count). The summed E-state index contributed by atoms with van der Waals surface area (Å²) in [5, 5.41) is 11.6. The Bertz CT molecular complexity index is 387. The maximum absolute atomic E-state index is 11.0. The zero-order valence-corrected chi connectivity index (χ0v) is 11.6. The van der Waals surface area contributed by atoms with Crippen LogP contribution in [0.15, 0.2) is 11.4 Å². The monoisotopic (exact) mass is 270 g/mol. The summed E-state index contributed by atoms with van der Waals surface area (Å²) in [5.41, 5.74) is 0.991. The van der Waals surface area contributed by atoms with Crippen LogP contribution in [0.3, 0.4) is 0 Å². The van der Waals surface area contributed by atoms with Crippen LogP contribution in [0, 0.1) is 5.92 Å². The molecule has 17 heavy (non-hydrogen) atoms. The lowest BCUT2D eigenvalue weighted by Crippen LogP contribution is -2.15. The standard InChI is InChI=1S/C13H18O2S2/c1-9-3-2-4-11(7-9)17-8-10-5-6-16-12(10)13(14)15/h5-6,9,11H,2-4,7-8H2,1H3,(H,14,15). The second-order valence-corrected chi connectivity index (χ2v) is 6.99. The Morgan fingerprint density at radius 2 is 2.41 bits per heavy atom. The van der Waals surface area contributed by atoms with Gasteiger partial charge in [-0.15, -0.1) is 11.3 Å². The Balaban J connectivity index is 1.89. The fourth-order valence-corrected chi connectivity index (χ4v) is 4.68. The highest BCUT2D eigenvalue weighted by molar-refractivity contribution is 7.99. The Morgan fingerprint density at radius 1 is 1.59 bits per heavy atom. The minimum atomic E-state index is -0.785. The van der Waals surface area contributed by atoms with Crippen LogP contribution in [0.4, 0.5) is 0 Å². The minimum absolute atomic E-state index is 0.515. The molecule has 94 valence electrons. The van der Waals surface area contributed by atoms with Crippen LogP contribution in [-0.2, 0) is 5.75 Å². The quantitative estimate of drug-likeness (QED) is 0.888. The van der Waals surface area contributed by atoms with Gasteiger partial charge in [0.1, 0.15) is 4.88 Å². The highest BCUT2D eigenvalue weighted by atomic mass is 32.2. The summed E-state index contributed by atoms with van der Waals surface area (Å²) in [4.78, 5) is 11.5. The van der Waals surface area contributed by atoms with Gasteiger partial charge >= 0.3 is 5.97 Å². The van der Waals surface area contributed by atoms with Gasteiger partial charge in [-0.3, -0.25) is 0 Å². The molecule has 0 aromatic carbocycles. The van der Waals surface area contributed by atoms with Crippen LogP contribution < -0.4 is 0 Å². The molecule has 1 fully saturated rings. The molecule has 2 nitrogen and oxygen atoms in total. The first-order chi connectivity index (χ1) is 8.16.